The zero-order valence-electron chi connectivity index (χ0n) is 33.3. The van der Waals surface area contributed by atoms with Gasteiger partial charge in [-0.3, -0.25) is 19.1 Å². The van der Waals surface area contributed by atoms with Gasteiger partial charge < -0.3 is 24.7 Å². The van der Waals surface area contributed by atoms with Crippen LogP contribution in [0.2, 0.25) is 5.02 Å². The molecule has 3 N–H and O–H groups in total. The lowest BCUT2D eigenvalue weighted by Crippen LogP contribution is -2.58. The molecule has 61 heavy (non-hydrogen) atoms. The van der Waals surface area contributed by atoms with Gasteiger partial charge in [0, 0.05) is 34.0 Å². The standard InChI is InChI=1S/C43H42ClF3N6O7S/c1-5-24-21-42(24,40(56)52-61(57,58)29-18-19-29)51-37(54)31-20-28(22-53(31)39(55)35(41(2,3)4)48-27-16-14-26(44)15-17-27)59-38-34-33(30-8-6-7-9-32(30)60-34)49-36(50-38)23-10-12-25(13-11-23)43(45,46)47/h5-17,24,28-29,31,35,48H,1,18-22H2,2-4H3,(H,51,54)(H,52,56)/t24-,28-,31+,35-,42-/m1/s1. The van der Waals surface area contributed by atoms with Crippen molar-refractivity contribution in [3.63, 3.8) is 0 Å². The topological polar surface area (TPSA) is 173 Å². The van der Waals surface area contributed by atoms with Crippen molar-refractivity contribution in [1.82, 2.24) is 24.9 Å². The van der Waals surface area contributed by atoms with Gasteiger partial charge in [0.25, 0.3) is 11.8 Å². The average molecular weight is 879 g/mol. The first-order valence-electron chi connectivity index (χ1n) is 19.6. The Balaban J connectivity index is 1.15. The predicted octanol–water partition coefficient (Wildman–Crippen LogP) is 7.26. The van der Waals surface area contributed by atoms with Crippen LogP contribution in [0.15, 0.2) is 89.9 Å². The fourth-order valence-electron chi connectivity index (χ4n) is 7.66. The molecular weight excluding hydrogens is 837 g/mol. The Hall–Kier alpha value is -5.68. The number of carbonyl (C=O) groups excluding carboxylic acids is 3. The molecule has 1 saturated heterocycles. The molecule has 13 nitrogen and oxygen atoms in total. The number of carbonyl (C=O) groups is 3. The second kappa shape index (κ2) is 15.3. The number of anilines is 1. The van der Waals surface area contributed by atoms with Crippen LogP contribution in [0.4, 0.5) is 18.9 Å². The molecule has 2 aliphatic carbocycles. The molecule has 2 saturated carbocycles. The second-order valence-corrected chi connectivity index (χ2v) is 19.2. The van der Waals surface area contributed by atoms with Crippen molar-refractivity contribution in [1.29, 1.82) is 0 Å². The number of halogens is 4. The summed E-state index contributed by atoms with van der Waals surface area (Å²) in [4.78, 5) is 53.7. The fourth-order valence-corrected chi connectivity index (χ4v) is 9.15. The van der Waals surface area contributed by atoms with E-state index in [-0.39, 0.29) is 42.2 Å². The molecular formula is C43H42ClF3N6O7S. The van der Waals surface area contributed by atoms with Crippen LogP contribution >= 0.6 is 11.6 Å². The lowest BCUT2D eigenvalue weighted by Gasteiger charge is -2.36. The smallest absolute Gasteiger partial charge is 0.416 e. The van der Waals surface area contributed by atoms with E-state index in [1.807, 2.05) is 20.8 Å². The van der Waals surface area contributed by atoms with Gasteiger partial charge in [-0.15, -0.1) is 6.58 Å². The average Bonchev–Trinajstić information content (AvgIpc) is 4.11. The lowest BCUT2D eigenvalue weighted by atomic mass is 9.85. The van der Waals surface area contributed by atoms with E-state index in [1.165, 1.54) is 23.1 Å². The Kier molecular flexibility index (Phi) is 10.6. The summed E-state index contributed by atoms with van der Waals surface area (Å²) < 4.78 is 80.9. The summed E-state index contributed by atoms with van der Waals surface area (Å²) >= 11 is 6.14. The molecule has 0 bridgehead atoms. The van der Waals surface area contributed by atoms with Crippen LogP contribution in [0, 0.1) is 11.3 Å². The first kappa shape index (κ1) is 42.0. The number of fused-ring (bicyclic) bond motifs is 3. The fraction of sp³-hybridized carbons (Fsp3) is 0.372. The van der Waals surface area contributed by atoms with E-state index in [2.05, 4.69) is 31.9 Å². The van der Waals surface area contributed by atoms with E-state index < -0.39 is 79.8 Å². The van der Waals surface area contributed by atoms with E-state index in [1.54, 1.807) is 48.5 Å². The molecule has 5 aromatic rings. The van der Waals surface area contributed by atoms with E-state index in [0.717, 1.165) is 12.1 Å². The largest absolute Gasteiger partial charge is 0.470 e. The Morgan fingerprint density at radius 3 is 2.33 bits per heavy atom. The lowest BCUT2D eigenvalue weighted by molar-refractivity contribution is -0.141. The predicted molar refractivity (Wildman–Crippen MR) is 222 cm³/mol. The Morgan fingerprint density at radius 2 is 1.70 bits per heavy atom. The number of ether oxygens (including phenoxy) is 1. The molecule has 0 radical (unpaired) electrons. The van der Waals surface area contributed by atoms with Gasteiger partial charge >= 0.3 is 6.18 Å². The third-order valence-electron chi connectivity index (χ3n) is 11.3. The number of likely N-dealkylation sites (tertiary alicyclic amines) is 1. The monoisotopic (exact) mass is 878 g/mol. The maximum atomic E-state index is 14.9. The maximum Gasteiger partial charge on any atom is 0.416 e. The van der Waals surface area contributed by atoms with Gasteiger partial charge in [0.05, 0.1) is 17.4 Å². The van der Waals surface area contributed by atoms with Crippen molar-refractivity contribution in [2.75, 3.05) is 11.9 Å². The number of amides is 3. The van der Waals surface area contributed by atoms with Crippen LogP contribution < -0.4 is 20.1 Å². The van der Waals surface area contributed by atoms with Crippen molar-refractivity contribution >= 4 is 67.1 Å². The number of alkyl halides is 3. The van der Waals surface area contributed by atoms with E-state index in [9.17, 15) is 36.0 Å². The SMILES string of the molecule is C=C[C@@H]1C[C@]1(NC(=O)[C@@H]1C[C@@H](Oc2nc(-c3ccc(C(F)(F)F)cc3)nc3c2oc2ccccc23)CN1C(=O)[C@@H](Nc1ccc(Cl)cc1)C(C)(C)C)C(=O)NS(=O)(=O)C1CC1. The highest BCUT2D eigenvalue weighted by atomic mass is 35.5. The minimum Gasteiger partial charge on any atom is -0.470 e. The van der Waals surface area contributed by atoms with Gasteiger partial charge in [-0.1, -0.05) is 62.7 Å². The third kappa shape index (κ3) is 8.37. The van der Waals surface area contributed by atoms with Crippen LogP contribution in [-0.4, -0.2) is 76.5 Å². The van der Waals surface area contributed by atoms with Crippen molar-refractivity contribution in [2.24, 2.45) is 11.3 Å². The van der Waals surface area contributed by atoms with Crippen LogP contribution in [-0.2, 0) is 30.6 Å². The summed E-state index contributed by atoms with van der Waals surface area (Å²) in [5.41, 5.74) is -1.43. The first-order chi connectivity index (χ1) is 28.8. The number of hydrogen-bond acceptors (Lipinski definition) is 10. The Morgan fingerprint density at radius 1 is 1.02 bits per heavy atom. The number of benzene rings is 3. The molecule has 0 spiro atoms. The highest BCUT2D eigenvalue weighted by Crippen LogP contribution is 2.46. The van der Waals surface area contributed by atoms with Gasteiger partial charge in [-0.25, -0.2) is 13.4 Å². The molecule has 8 rings (SSSR count). The second-order valence-electron chi connectivity index (χ2n) is 16.8. The number of hydrogen-bond donors (Lipinski definition) is 3. The highest BCUT2D eigenvalue weighted by Gasteiger charge is 2.62. The molecule has 3 heterocycles. The van der Waals surface area contributed by atoms with Gasteiger partial charge in [0.15, 0.2) is 5.82 Å². The molecule has 1 aliphatic heterocycles. The van der Waals surface area contributed by atoms with Crippen LogP contribution in [0.3, 0.4) is 0 Å². The van der Waals surface area contributed by atoms with Gasteiger partial charge in [-0.05, 0) is 73.2 Å². The van der Waals surface area contributed by atoms with Crippen molar-refractivity contribution in [3.05, 3.63) is 96.0 Å². The molecule has 3 aromatic carbocycles. The number of furan rings is 1. The summed E-state index contributed by atoms with van der Waals surface area (Å²) in [6.07, 6.45) is -3.18. The molecule has 3 fully saturated rings. The first-order valence-corrected chi connectivity index (χ1v) is 21.6. The summed E-state index contributed by atoms with van der Waals surface area (Å²) in [6.45, 7) is 9.21. The summed E-state index contributed by atoms with van der Waals surface area (Å²) in [5, 5.41) is 6.48. The van der Waals surface area contributed by atoms with Crippen LogP contribution in [0.5, 0.6) is 5.88 Å². The molecule has 5 atom stereocenters. The zero-order valence-corrected chi connectivity index (χ0v) is 34.8. The van der Waals surface area contributed by atoms with E-state index in [4.69, 9.17) is 20.8 Å². The zero-order chi connectivity index (χ0) is 43.6. The normalized spacial score (nSPS) is 22.1. The highest BCUT2D eigenvalue weighted by molar-refractivity contribution is 7.91. The molecule has 18 heteroatoms. The Labute approximate surface area is 354 Å². The number of nitrogens with one attached hydrogen (secondary N) is 3. The maximum absolute atomic E-state index is 14.9. The van der Waals surface area contributed by atoms with Crippen molar-refractivity contribution in [2.45, 2.75) is 81.6 Å². The van der Waals surface area contributed by atoms with E-state index >= 15 is 0 Å². The number of rotatable bonds is 12. The molecule has 3 aliphatic rings. The van der Waals surface area contributed by atoms with Crippen LogP contribution in [0.1, 0.15) is 52.0 Å². The molecule has 3 amide bonds. The summed E-state index contributed by atoms with van der Waals surface area (Å²) in [6, 6.07) is 16.0. The quantitative estimate of drug-likeness (QED) is 0.108. The van der Waals surface area contributed by atoms with Gasteiger partial charge in [0.2, 0.25) is 27.4 Å². The summed E-state index contributed by atoms with van der Waals surface area (Å²) in [5.74, 6) is -2.69. The van der Waals surface area contributed by atoms with Gasteiger partial charge in [-0.2, -0.15) is 18.2 Å². The van der Waals surface area contributed by atoms with Crippen molar-refractivity contribution < 1.29 is 45.1 Å². The number of nitrogens with zero attached hydrogens (tertiary/aromatic N) is 3. The molecule has 0 unspecified atom stereocenters. The number of para-hydroxylation sites is 1. The Bertz CT molecular complexity index is 2670. The number of aromatic nitrogens is 2. The molecule has 2 aromatic heterocycles. The van der Waals surface area contributed by atoms with Crippen molar-refractivity contribution in [3.8, 4) is 17.3 Å². The minimum absolute atomic E-state index is 0.0428. The summed E-state index contributed by atoms with van der Waals surface area (Å²) in [7, 11) is -3.96. The molecule has 320 valence electrons. The van der Waals surface area contributed by atoms with Crippen LogP contribution in [0.25, 0.3) is 33.5 Å². The minimum atomic E-state index is -4.56. The van der Waals surface area contributed by atoms with Gasteiger partial charge in [0.1, 0.15) is 34.8 Å². The number of sulfonamides is 1. The van der Waals surface area contributed by atoms with E-state index in [0.29, 0.717) is 40.0 Å². The third-order valence-corrected chi connectivity index (χ3v) is 13.4.